The quantitative estimate of drug-likeness (QED) is 0.860. The Morgan fingerprint density at radius 1 is 1.42 bits per heavy atom. The molecule has 0 amide bonds. The second-order valence-corrected chi connectivity index (χ2v) is 5.04. The largest absolute Gasteiger partial charge is 0.330 e. The van der Waals surface area contributed by atoms with Crippen molar-refractivity contribution in [3.8, 4) is 0 Å². The number of nitrogens with two attached hydrogens (primary N) is 1. The fourth-order valence-corrected chi connectivity index (χ4v) is 2.55. The van der Waals surface area contributed by atoms with Gasteiger partial charge in [0.15, 0.2) is 0 Å². The van der Waals surface area contributed by atoms with Gasteiger partial charge in [-0.3, -0.25) is 9.48 Å². The lowest BCUT2D eigenvalue weighted by Gasteiger charge is -2.09. The van der Waals surface area contributed by atoms with E-state index in [9.17, 15) is 4.79 Å². The van der Waals surface area contributed by atoms with Crippen molar-refractivity contribution >= 4 is 21.7 Å². The van der Waals surface area contributed by atoms with Crippen LogP contribution in [0.25, 0.3) is 0 Å². The van der Waals surface area contributed by atoms with Gasteiger partial charge in [0.25, 0.3) is 0 Å². The summed E-state index contributed by atoms with van der Waals surface area (Å²) < 4.78 is 2.42. The van der Waals surface area contributed by atoms with Crippen molar-refractivity contribution < 1.29 is 4.79 Å². The fourth-order valence-electron chi connectivity index (χ4n) is 2.07. The molecule has 1 heterocycles. The van der Waals surface area contributed by atoms with Crippen LogP contribution in [0.15, 0.2) is 34.9 Å². The molecule has 0 saturated heterocycles. The van der Waals surface area contributed by atoms with E-state index in [4.69, 9.17) is 5.73 Å². The second kappa shape index (κ2) is 6.12. The maximum Gasteiger partial charge on any atom is 0.212 e. The average molecular weight is 322 g/mol. The molecule has 0 aliphatic carbocycles. The van der Waals surface area contributed by atoms with Crippen molar-refractivity contribution in [1.29, 1.82) is 0 Å². The Bertz CT molecular complexity index is 592. The Morgan fingerprint density at radius 3 is 2.84 bits per heavy atom. The zero-order chi connectivity index (χ0) is 13.8. The van der Waals surface area contributed by atoms with Gasteiger partial charge in [0.1, 0.15) is 5.69 Å². The maximum absolute atomic E-state index is 12.7. The zero-order valence-corrected chi connectivity index (χ0v) is 12.4. The van der Waals surface area contributed by atoms with Crippen LogP contribution < -0.4 is 5.73 Å². The lowest BCUT2D eigenvalue weighted by molar-refractivity contribution is 0.102. The van der Waals surface area contributed by atoms with Gasteiger partial charge in [-0.05, 0) is 41.4 Å². The smallest absolute Gasteiger partial charge is 0.212 e. The van der Waals surface area contributed by atoms with Crippen LogP contribution in [0.1, 0.15) is 28.5 Å². The van der Waals surface area contributed by atoms with E-state index in [-0.39, 0.29) is 5.78 Å². The number of halogens is 1. The van der Waals surface area contributed by atoms with Crippen LogP contribution in [-0.4, -0.2) is 22.1 Å². The number of nitrogens with zero attached hydrogens (tertiary/aromatic N) is 2. The van der Waals surface area contributed by atoms with Crippen molar-refractivity contribution in [2.45, 2.75) is 19.9 Å². The highest BCUT2D eigenvalue weighted by Gasteiger charge is 2.20. The predicted octanol–water partition coefficient (Wildman–Crippen LogP) is 2.40. The molecule has 100 valence electrons. The van der Waals surface area contributed by atoms with Gasteiger partial charge in [0, 0.05) is 12.1 Å². The molecule has 1 aromatic carbocycles. The molecular formula is C14H16BrN3O. The van der Waals surface area contributed by atoms with Gasteiger partial charge in [-0.15, -0.1) is 0 Å². The van der Waals surface area contributed by atoms with Crippen molar-refractivity contribution in [3.05, 3.63) is 51.8 Å². The van der Waals surface area contributed by atoms with Crippen LogP contribution in [0, 0.1) is 0 Å². The van der Waals surface area contributed by atoms with Crippen LogP contribution in [0.4, 0.5) is 0 Å². The van der Waals surface area contributed by atoms with Gasteiger partial charge in [0.05, 0.1) is 10.7 Å². The summed E-state index contributed by atoms with van der Waals surface area (Å²) in [5, 5.41) is 4.18. The monoisotopic (exact) mass is 321 g/mol. The molecular weight excluding hydrogens is 306 g/mol. The van der Waals surface area contributed by atoms with Crippen LogP contribution in [0.3, 0.4) is 0 Å². The molecule has 2 aromatic rings. The fraction of sp³-hybridized carbons (Fsp3) is 0.286. The summed E-state index contributed by atoms with van der Waals surface area (Å²) in [5.41, 5.74) is 7.86. The number of benzene rings is 1. The van der Waals surface area contributed by atoms with E-state index >= 15 is 0 Å². The normalized spacial score (nSPS) is 10.7. The lowest BCUT2D eigenvalue weighted by atomic mass is 9.99. The highest BCUT2D eigenvalue weighted by Crippen LogP contribution is 2.22. The Labute approximate surface area is 120 Å². The lowest BCUT2D eigenvalue weighted by Crippen LogP contribution is -2.14. The van der Waals surface area contributed by atoms with Crippen molar-refractivity contribution in [2.75, 3.05) is 6.54 Å². The van der Waals surface area contributed by atoms with Gasteiger partial charge in [-0.25, -0.2) is 0 Å². The molecule has 1 aromatic heterocycles. The molecule has 0 unspecified atom stereocenters. The first-order valence-electron chi connectivity index (χ1n) is 6.23. The molecule has 0 bridgehead atoms. The molecule has 0 saturated carbocycles. The molecule has 2 rings (SSSR count). The molecule has 0 aliphatic heterocycles. The molecule has 19 heavy (non-hydrogen) atoms. The highest BCUT2D eigenvalue weighted by atomic mass is 79.9. The van der Waals surface area contributed by atoms with E-state index in [2.05, 4.69) is 21.0 Å². The number of rotatable bonds is 5. The van der Waals surface area contributed by atoms with Gasteiger partial charge >= 0.3 is 0 Å². The van der Waals surface area contributed by atoms with E-state index in [1.54, 1.807) is 10.9 Å². The van der Waals surface area contributed by atoms with Crippen molar-refractivity contribution in [2.24, 2.45) is 5.73 Å². The van der Waals surface area contributed by atoms with Crippen LogP contribution in [-0.2, 0) is 13.0 Å². The summed E-state index contributed by atoms with van der Waals surface area (Å²) in [6, 6.07) is 7.58. The number of aromatic nitrogens is 2. The molecule has 0 radical (unpaired) electrons. The Morgan fingerprint density at radius 2 is 2.16 bits per heavy atom. The number of hydrogen-bond acceptors (Lipinski definition) is 3. The third-order valence-corrected chi connectivity index (χ3v) is 3.57. The van der Waals surface area contributed by atoms with E-state index in [1.807, 2.05) is 31.2 Å². The minimum absolute atomic E-state index is 0.0183. The van der Waals surface area contributed by atoms with E-state index < -0.39 is 0 Å². The molecule has 2 N–H and O–H groups in total. The number of carbonyl (C=O) groups excluding carboxylic acids is 1. The van der Waals surface area contributed by atoms with E-state index in [0.29, 0.717) is 30.8 Å². The van der Waals surface area contributed by atoms with Crippen LogP contribution in [0.5, 0.6) is 0 Å². The minimum atomic E-state index is -0.0183. The van der Waals surface area contributed by atoms with Gasteiger partial charge in [-0.1, -0.05) is 24.3 Å². The minimum Gasteiger partial charge on any atom is -0.330 e. The Balaban J connectivity index is 2.47. The molecule has 5 heteroatoms. The van der Waals surface area contributed by atoms with E-state index in [1.165, 1.54) is 0 Å². The standard InChI is InChI=1S/C14H16BrN3O/c1-2-18-13(12(15)9-17-18)14(19)11-6-4-3-5-10(11)7-8-16/h3-6,9H,2,7-8,16H2,1H3. The summed E-state index contributed by atoms with van der Waals surface area (Å²) in [6.45, 7) is 3.15. The molecule has 0 atom stereocenters. The number of ketones is 1. The predicted molar refractivity (Wildman–Crippen MR) is 78.2 cm³/mol. The van der Waals surface area contributed by atoms with Gasteiger partial charge in [0.2, 0.25) is 5.78 Å². The van der Waals surface area contributed by atoms with E-state index in [0.717, 1.165) is 10.0 Å². The maximum atomic E-state index is 12.7. The average Bonchev–Trinajstić information content (AvgIpc) is 2.80. The van der Waals surface area contributed by atoms with Crippen molar-refractivity contribution in [1.82, 2.24) is 9.78 Å². The summed E-state index contributed by atoms with van der Waals surface area (Å²) in [4.78, 5) is 12.7. The molecule has 0 spiro atoms. The Kier molecular flexibility index (Phi) is 4.50. The summed E-state index contributed by atoms with van der Waals surface area (Å²) in [5.74, 6) is -0.0183. The molecule has 4 nitrogen and oxygen atoms in total. The molecule has 0 fully saturated rings. The summed E-state index contributed by atoms with van der Waals surface area (Å²) in [7, 11) is 0. The van der Waals surface area contributed by atoms with Crippen molar-refractivity contribution in [3.63, 3.8) is 0 Å². The number of aryl methyl sites for hydroxylation is 1. The first-order valence-corrected chi connectivity index (χ1v) is 7.02. The van der Waals surface area contributed by atoms with Gasteiger partial charge < -0.3 is 5.73 Å². The third-order valence-electron chi connectivity index (χ3n) is 2.99. The first kappa shape index (κ1) is 14.0. The summed E-state index contributed by atoms with van der Waals surface area (Å²) in [6.07, 6.45) is 2.35. The van der Waals surface area contributed by atoms with Crippen LogP contribution >= 0.6 is 15.9 Å². The second-order valence-electron chi connectivity index (χ2n) is 4.18. The zero-order valence-electron chi connectivity index (χ0n) is 10.8. The van der Waals surface area contributed by atoms with Crippen LogP contribution in [0.2, 0.25) is 0 Å². The number of hydrogen-bond donors (Lipinski definition) is 1. The summed E-state index contributed by atoms with van der Waals surface area (Å²) >= 11 is 3.39. The Hall–Kier alpha value is -1.46. The highest BCUT2D eigenvalue weighted by molar-refractivity contribution is 9.10. The topological polar surface area (TPSA) is 60.9 Å². The van der Waals surface area contributed by atoms with Gasteiger partial charge in [-0.2, -0.15) is 5.10 Å². The third kappa shape index (κ3) is 2.77. The molecule has 0 aliphatic rings. The number of carbonyl (C=O) groups is 1. The first-order chi connectivity index (χ1) is 9.19. The SMILES string of the molecule is CCn1ncc(Br)c1C(=O)c1ccccc1CCN.